The van der Waals surface area contributed by atoms with Crippen molar-refractivity contribution in [1.82, 2.24) is 9.78 Å². The van der Waals surface area contributed by atoms with Crippen molar-refractivity contribution in [3.05, 3.63) is 41.2 Å². The summed E-state index contributed by atoms with van der Waals surface area (Å²) in [6.45, 7) is 6.03. The third-order valence-electron chi connectivity index (χ3n) is 2.89. The lowest BCUT2D eigenvalue weighted by atomic mass is 10.2. The molecule has 0 saturated carbocycles. The van der Waals surface area contributed by atoms with Crippen LogP contribution in [0.25, 0.3) is 5.69 Å². The van der Waals surface area contributed by atoms with E-state index in [9.17, 15) is 5.11 Å². The lowest BCUT2D eigenvalue weighted by Crippen LogP contribution is -1.99. The van der Waals surface area contributed by atoms with Crippen molar-refractivity contribution in [1.29, 1.82) is 0 Å². The van der Waals surface area contributed by atoms with E-state index in [1.807, 2.05) is 23.7 Å². The first-order valence-corrected chi connectivity index (χ1v) is 5.98. The van der Waals surface area contributed by atoms with Gasteiger partial charge in [-0.05, 0) is 38.0 Å². The summed E-state index contributed by atoms with van der Waals surface area (Å²) in [6.07, 6.45) is 1.79. The molecule has 0 aliphatic carbocycles. The predicted octanol–water partition coefficient (Wildman–Crippen LogP) is 3.15. The van der Waals surface area contributed by atoms with E-state index in [1.54, 1.807) is 0 Å². The Morgan fingerprint density at radius 1 is 1.29 bits per heavy atom. The van der Waals surface area contributed by atoms with Crippen LogP contribution in [-0.2, 0) is 6.42 Å². The molecule has 1 N–H and O–H groups in total. The highest BCUT2D eigenvalue weighted by Gasteiger charge is 2.13. The summed E-state index contributed by atoms with van der Waals surface area (Å²) >= 11 is 0. The predicted molar refractivity (Wildman–Crippen MR) is 68.7 cm³/mol. The maximum atomic E-state index is 10.00. The molecule has 3 heteroatoms. The van der Waals surface area contributed by atoms with E-state index in [4.69, 9.17) is 0 Å². The fraction of sp³-hybridized carbons (Fsp3) is 0.357. The second-order valence-electron chi connectivity index (χ2n) is 4.38. The van der Waals surface area contributed by atoms with Gasteiger partial charge in [0.2, 0.25) is 0 Å². The van der Waals surface area contributed by atoms with E-state index in [2.05, 4.69) is 31.1 Å². The molecule has 1 aromatic carbocycles. The van der Waals surface area contributed by atoms with Crippen molar-refractivity contribution < 1.29 is 5.11 Å². The highest BCUT2D eigenvalue weighted by molar-refractivity contribution is 5.41. The normalized spacial score (nSPS) is 10.8. The SMILES string of the molecule is CCCc1nn(-c2cccc(C)c2)c(C)c1O. The molecule has 2 rings (SSSR count). The number of nitrogens with zero attached hydrogens (tertiary/aromatic N) is 2. The van der Waals surface area contributed by atoms with Gasteiger partial charge in [-0.1, -0.05) is 25.5 Å². The highest BCUT2D eigenvalue weighted by atomic mass is 16.3. The van der Waals surface area contributed by atoms with Crippen LogP contribution in [-0.4, -0.2) is 14.9 Å². The van der Waals surface area contributed by atoms with E-state index in [1.165, 1.54) is 5.56 Å². The summed E-state index contributed by atoms with van der Waals surface area (Å²) < 4.78 is 1.81. The Morgan fingerprint density at radius 3 is 2.71 bits per heavy atom. The number of aromatic nitrogens is 2. The summed E-state index contributed by atoms with van der Waals surface area (Å²) in [6, 6.07) is 8.12. The van der Waals surface area contributed by atoms with Crippen LogP contribution in [0.4, 0.5) is 0 Å². The Balaban J connectivity index is 2.49. The molecule has 1 heterocycles. The maximum absolute atomic E-state index is 10.00. The highest BCUT2D eigenvalue weighted by Crippen LogP contribution is 2.25. The minimum Gasteiger partial charge on any atom is -0.504 e. The van der Waals surface area contributed by atoms with Gasteiger partial charge < -0.3 is 5.11 Å². The van der Waals surface area contributed by atoms with Gasteiger partial charge in [-0.15, -0.1) is 0 Å². The van der Waals surface area contributed by atoms with Crippen LogP contribution in [0.1, 0.15) is 30.3 Å². The van der Waals surface area contributed by atoms with E-state index in [0.29, 0.717) is 5.75 Å². The number of aryl methyl sites for hydroxylation is 2. The first-order valence-electron chi connectivity index (χ1n) is 5.98. The largest absolute Gasteiger partial charge is 0.504 e. The fourth-order valence-corrected chi connectivity index (χ4v) is 1.97. The molecule has 1 aromatic heterocycles. The van der Waals surface area contributed by atoms with Gasteiger partial charge in [0.25, 0.3) is 0 Å². The van der Waals surface area contributed by atoms with Crippen LogP contribution in [0.15, 0.2) is 24.3 Å². The van der Waals surface area contributed by atoms with Gasteiger partial charge in [-0.2, -0.15) is 5.10 Å². The zero-order valence-corrected chi connectivity index (χ0v) is 10.6. The maximum Gasteiger partial charge on any atom is 0.160 e. The first-order chi connectivity index (χ1) is 8.13. The second kappa shape index (κ2) is 4.62. The Morgan fingerprint density at radius 2 is 2.06 bits per heavy atom. The molecule has 0 radical (unpaired) electrons. The Bertz CT molecular complexity index is 529. The van der Waals surface area contributed by atoms with Crippen molar-refractivity contribution >= 4 is 0 Å². The van der Waals surface area contributed by atoms with Gasteiger partial charge in [0.15, 0.2) is 5.75 Å². The molecule has 90 valence electrons. The zero-order valence-electron chi connectivity index (χ0n) is 10.6. The molecule has 17 heavy (non-hydrogen) atoms. The number of hydrogen-bond donors (Lipinski definition) is 1. The molecule has 0 saturated heterocycles. The van der Waals surface area contributed by atoms with E-state index < -0.39 is 0 Å². The van der Waals surface area contributed by atoms with Crippen molar-refractivity contribution in [2.45, 2.75) is 33.6 Å². The summed E-state index contributed by atoms with van der Waals surface area (Å²) in [5.74, 6) is 0.327. The molecule has 0 aliphatic rings. The Hall–Kier alpha value is -1.77. The van der Waals surface area contributed by atoms with Gasteiger partial charge in [0, 0.05) is 0 Å². The smallest absolute Gasteiger partial charge is 0.160 e. The second-order valence-corrected chi connectivity index (χ2v) is 4.38. The Labute approximate surface area is 102 Å². The van der Waals surface area contributed by atoms with Gasteiger partial charge >= 0.3 is 0 Å². The lowest BCUT2D eigenvalue weighted by Gasteiger charge is -2.04. The number of hydrogen-bond acceptors (Lipinski definition) is 2. The monoisotopic (exact) mass is 230 g/mol. The molecule has 0 unspecified atom stereocenters. The van der Waals surface area contributed by atoms with Crippen LogP contribution in [0, 0.1) is 13.8 Å². The quantitative estimate of drug-likeness (QED) is 0.879. The molecule has 0 atom stereocenters. The molecule has 0 fully saturated rings. The van der Waals surface area contributed by atoms with Crippen LogP contribution in [0.2, 0.25) is 0 Å². The van der Waals surface area contributed by atoms with Gasteiger partial charge in [0.1, 0.15) is 5.69 Å². The van der Waals surface area contributed by atoms with Crippen LogP contribution < -0.4 is 0 Å². The summed E-state index contributed by atoms with van der Waals surface area (Å²) in [7, 11) is 0. The van der Waals surface area contributed by atoms with Crippen molar-refractivity contribution in [2.75, 3.05) is 0 Å². The molecule has 0 spiro atoms. The van der Waals surface area contributed by atoms with Crippen LogP contribution in [0.5, 0.6) is 5.75 Å². The van der Waals surface area contributed by atoms with Gasteiger partial charge in [-0.25, -0.2) is 4.68 Å². The minimum absolute atomic E-state index is 0.327. The molecule has 0 bridgehead atoms. The summed E-state index contributed by atoms with van der Waals surface area (Å²) in [4.78, 5) is 0. The van der Waals surface area contributed by atoms with E-state index in [-0.39, 0.29) is 0 Å². The molecular formula is C14H18N2O. The topological polar surface area (TPSA) is 38.0 Å². The van der Waals surface area contributed by atoms with Crippen LogP contribution >= 0.6 is 0 Å². The lowest BCUT2D eigenvalue weighted by molar-refractivity contribution is 0.463. The van der Waals surface area contributed by atoms with Crippen molar-refractivity contribution in [2.24, 2.45) is 0 Å². The third-order valence-corrected chi connectivity index (χ3v) is 2.89. The number of rotatable bonds is 3. The molecule has 0 amide bonds. The molecular weight excluding hydrogens is 212 g/mol. The zero-order chi connectivity index (χ0) is 12.4. The molecule has 0 aliphatic heterocycles. The van der Waals surface area contributed by atoms with E-state index in [0.717, 1.165) is 29.9 Å². The average Bonchev–Trinajstić information content (AvgIpc) is 2.58. The minimum atomic E-state index is 0.327. The average molecular weight is 230 g/mol. The fourth-order valence-electron chi connectivity index (χ4n) is 1.97. The van der Waals surface area contributed by atoms with Crippen molar-refractivity contribution in [3.63, 3.8) is 0 Å². The van der Waals surface area contributed by atoms with E-state index >= 15 is 0 Å². The van der Waals surface area contributed by atoms with Gasteiger partial charge in [-0.3, -0.25) is 0 Å². The standard InChI is InChI=1S/C14H18N2O/c1-4-6-13-14(17)11(3)16(15-13)12-8-5-7-10(2)9-12/h5,7-9,17H,4,6H2,1-3H3. The molecule has 2 aromatic rings. The molecule has 3 nitrogen and oxygen atoms in total. The summed E-state index contributed by atoms with van der Waals surface area (Å²) in [5, 5.41) is 14.5. The number of benzene rings is 1. The van der Waals surface area contributed by atoms with Crippen LogP contribution in [0.3, 0.4) is 0 Å². The first kappa shape index (κ1) is 11.7. The Kier molecular flexibility index (Phi) is 3.18. The van der Waals surface area contributed by atoms with Gasteiger partial charge in [0.05, 0.1) is 11.4 Å². The van der Waals surface area contributed by atoms with Crippen molar-refractivity contribution in [3.8, 4) is 11.4 Å². The number of aromatic hydroxyl groups is 1. The third kappa shape index (κ3) is 2.18. The summed E-state index contributed by atoms with van der Waals surface area (Å²) in [5.41, 5.74) is 3.78.